The normalized spacial score (nSPS) is 13.4. The molecule has 2 amide bonds. The van der Waals surface area contributed by atoms with E-state index in [-0.39, 0.29) is 18.4 Å². The Labute approximate surface area is 211 Å². The number of hydrogen-bond donors (Lipinski definition) is 1. The summed E-state index contributed by atoms with van der Waals surface area (Å²) in [5.41, 5.74) is 3.77. The molecule has 36 heavy (non-hydrogen) atoms. The van der Waals surface area contributed by atoms with Crippen LogP contribution < -0.4 is 15.0 Å². The summed E-state index contributed by atoms with van der Waals surface area (Å²) in [4.78, 5) is 28.5. The van der Waals surface area contributed by atoms with Crippen molar-refractivity contribution in [3.05, 3.63) is 96.1 Å². The molecule has 0 bridgehead atoms. The van der Waals surface area contributed by atoms with Crippen LogP contribution in [0.2, 0.25) is 0 Å². The second-order valence-electron chi connectivity index (χ2n) is 8.57. The molecule has 0 radical (unpaired) electrons. The van der Waals surface area contributed by atoms with Crippen LogP contribution in [0.5, 0.6) is 5.75 Å². The summed E-state index contributed by atoms with van der Waals surface area (Å²) in [6.45, 7) is 3.63. The van der Waals surface area contributed by atoms with Crippen molar-refractivity contribution in [3.8, 4) is 5.75 Å². The predicted octanol–water partition coefficient (Wildman–Crippen LogP) is 4.21. The molecule has 7 nitrogen and oxygen atoms in total. The first-order valence-electron chi connectivity index (χ1n) is 12.0. The quantitative estimate of drug-likeness (QED) is 0.460. The molecule has 7 heteroatoms. The summed E-state index contributed by atoms with van der Waals surface area (Å²) < 4.78 is 11.2. The Hall–Kier alpha value is -4.10. The standard InChI is InChI=1S/C29H31N3O4/c1-31(21-28(33)30-25-10-12-26(13-11-25)32-17-19-35-20-18-32)29(34)16-9-23-7-14-27(15-8-23)36-22-24-5-3-2-4-6-24/h2-16H,17-22H2,1H3,(H,30,33)/b16-9+. The zero-order valence-corrected chi connectivity index (χ0v) is 20.4. The minimum atomic E-state index is -0.253. The van der Waals surface area contributed by atoms with Crippen molar-refractivity contribution in [2.75, 3.05) is 50.1 Å². The van der Waals surface area contributed by atoms with E-state index in [0.29, 0.717) is 12.3 Å². The molecule has 0 unspecified atom stereocenters. The van der Waals surface area contributed by atoms with Gasteiger partial charge in [0.15, 0.2) is 0 Å². The van der Waals surface area contributed by atoms with E-state index < -0.39 is 0 Å². The van der Waals surface area contributed by atoms with Gasteiger partial charge in [-0.2, -0.15) is 0 Å². The van der Waals surface area contributed by atoms with Gasteiger partial charge in [0.05, 0.1) is 19.8 Å². The van der Waals surface area contributed by atoms with Crippen LogP contribution in [-0.4, -0.2) is 56.6 Å². The predicted molar refractivity (Wildman–Crippen MR) is 142 cm³/mol. The van der Waals surface area contributed by atoms with Gasteiger partial charge in [0, 0.05) is 37.6 Å². The maximum Gasteiger partial charge on any atom is 0.246 e. The third-order valence-electron chi connectivity index (χ3n) is 5.83. The highest BCUT2D eigenvalue weighted by Crippen LogP contribution is 2.19. The van der Waals surface area contributed by atoms with Crippen molar-refractivity contribution in [1.82, 2.24) is 4.90 Å². The molecule has 186 valence electrons. The Morgan fingerprint density at radius 3 is 2.36 bits per heavy atom. The molecule has 4 rings (SSSR count). The first-order valence-corrected chi connectivity index (χ1v) is 12.0. The number of benzene rings is 3. The second-order valence-corrected chi connectivity index (χ2v) is 8.57. The van der Waals surface area contributed by atoms with Crippen molar-refractivity contribution < 1.29 is 19.1 Å². The Bertz CT molecular complexity index is 1160. The van der Waals surface area contributed by atoms with Gasteiger partial charge in [-0.05, 0) is 53.6 Å². The number of ether oxygens (including phenoxy) is 2. The lowest BCUT2D eigenvalue weighted by Crippen LogP contribution is -2.36. The topological polar surface area (TPSA) is 71.1 Å². The van der Waals surface area contributed by atoms with E-state index in [1.54, 1.807) is 13.1 Å². The van der Waals surface area contributed by atoms with E-state index in [2.05, 4.69) is 10.2 Å². The fourth-order valence-corrected chi connectivity index (χ4v) is 3.78. The summed E-state index contributed by atoms with van der Waals surface area (Å²) in [5, 5.41) is 2.85. The van der Waals surface area contributed by atoms with Crippen LogP contribution in [0.1, 0.15) is 11.1 Å². The summed E-state index contributed by atoms with van der Waals surface area (Å²) in [6.07, 6.45) is 3.19. The molecule has 1 saturated heterocycles. The van der Waals surface area contributed by atoms with E-state index >= 15 is 0 Å². The van der Waals surface area contributed by atoms with Crippen molar-refractivity contribution in [2.24, 2.45) is 0 Å². The van der Waals surface area contributed by atoms with Crippen LogP contribution in [-0.2, 0) is 20.9 Å². The minimum absolute atomic E-state index is 0.0410. The van der Waals surface area contributed by atoms with Gasteiger partial charge in [0.2, 0.25) is 11.8 Å². The van der Waals surface area contributed by atoms with Gasteiger partial charge >= 0.3 is 0 Å². The highest BCUT2D eigenvalue weighted by Gasteiger charge is 2.13. The highest BCUT2D eigenvalue weighted by atomic mass is 16.5. The van der Waals surface area contributed by atoms with Crippen LogP contribution in [0.15, 0.2) is 84.9 Å². The Kier molecular flexibility index (Phi) is 8.72. The number of carbonyl (C=O) groups excluding carboxylic acids is 2. The molecule has 1 fully saturated rings. The van der Waals surface area contributed by atoms with Gasteiger partial charge in [-0.1, -0.05) is 42.5 Å². The summed E-state index contributed by atoms with van der Waals surface area (Å²) in [6, 6.07) is 25.2. The van der Waals surface area contributed by atoms with Crippen LogP contribution in [0.4, 0.5) is 11.4 Å². The van der Waals surface area contributed by atoms with Crippen molar-refractivity contribution in [2.45, 2.75) is 6.61 Å². The van der Waals surface area contributed by atoms with E-state index in [4.69, 9.17) is 9.47 Å². The summed E-state index contributed by atoms with van der Waals surface area (Å²) in [5.74, 6) is 0.254. The third-order valence-corrected chi connectivity index (χ3v) is 5.83. The molecule has 0 aliphatic carbocycles. The largest absolute Gasteiger partial charge is 0.489 e. The molecule has 1 N–H and O–H groups in total. The van der Waals surface area contributed by atoms with Crippen LogP contribution >= 0.6 is 0 Å². The molecular weight excluding hydrogens is 454 g/mol. The van der Waals surface area contributed by atoms with Crippen molar-refractivity contribution >= 4 is 29.3 Å². The fraction of sp³-hybridized carbons (Fsp3) is 0.241. The first kappa shape index (κ1) is 25.0. The molecule has 0 aromatic heterocycles. The maximum absolute atomic E-state index is 12.5. The SMILES string of the molecule is CN(CC(=O)Nc1ccc(N2CCOCC2)cc1)C(=O)/C=C/c1ccc(OCc2ccccc2)cc1. The monoisotopic (exact) mass is 485 g/mol. The molecule has 1 aliphatic rings. The molecule has 1 aliphatic heterocycles. The number of likely N-dealkylation sites (N-methyl/N-ethyl adjacent to an activating group) is 1. The maximum atomic E-state index is 12.5. The number of morpholine rings is 1. The van der Waals surface area contributed by atoms with Gasteiger partial charge in [-0.3, -0.25) is 9.59 Å². The van der Waals surface area contributed by atoms with Crippen molar-refractivity contribution in [1.29, 1.82) is 0 Å². The zero-order valence-electron chi connectivity index (χ0n) is 20.4. The lowest BCUT2D eigenvalue weighted by atomic mass is 10.2. The van der Waals surface area contributed by atoms with E-state index in [1.807, 2.05) is 78.9 Å². The lowest BCUT2D eigenvalue weighted by Gasteiger charge is -2.28. The minimum Gasteiger partial charge on any atom is -0.489 e. The van der Waals surface area contributed by atoms with Crippen LogP contribution in [0, 0.1) is 0 Å². The smallest absolute Gasteiger partial charge is 0.246 e. The van der Waals surface area contributed by atoms with Gasteiger partial charge in [-0.15, -0.1) is 0 Å². The van der Waals surface area contributed by atoms with E-state index in [9.17, 15) is 9.59 Å². The highest BCUT2D eigenvalue weighted by molar-refractivity contribution is 5.98. The van der Waals surface area contributed by atoms with Gasteiger partial charge in [-0.25, -0.2) is 0 Å². The molecule has 0 atom stereocenters. The Balaban J connectivity index is 1.21. The molecule has 3 aromatic rings. The lowest BCUT2D eigenvalue weighted by molar-refractivity contribution is -0.129. The van der Waals surface area contributed by atoms with E-state index in [1.165, 1.54) is 11.0 Å². The van der Waals surface area contributed by atoms with Gasteiger partial charge in [0.25, 0.3) is 0 Å². The summed E-state index contributed by atoms with van der Waals surface area (Å²) >= 11 is 0. The number of carbonyl (C=O) groups is 2. The average Bonchev–Trinajstić information content (AvgIpc) is 2.92. The average molecular weight is 486 g/mol. The molecule has 3 aromatic carbocycles. The van der Waals surface area contributed by atoms with Gasteiger partial charge < -0.3 is 24.6 Å². The number of anilines is 2. The fourth-order valence-electron chi connectivity index (χ4n) is 3.78. The van der Waals surface area contributed by atoms with Crippen molar-refractivity contribution in [3.63, 3.8) is 0 Å². The molecule has 1 heterocycles. The number of hydrogen-bond acceptors (Lipinski definition) is 5. The Morgan fingerprint density at radius 1 is 0.972 bits per heavy atom. The number of amides is 2. The number of rotatable bonds is 9. The Morgan fingerprint density at radius 2 is 1.67 bits per heavy atom. The number of nitrogens with zero attached hydrogens (tertiary/aromatic N) is 2. The molecule has 0 spiro atoms. The number of nitrogens with one attached hydrogen (secondary N) is 1. The molecular formula is C29H31N3O4. The first-order chi connectivity index (χ1) is 17.6. The van der Waals surface area contributed by atoms with Crippen LogP contribution in [0.25, 0.3) is 6.08 Å². The third kappa shape index (κ3) is 7.45. The second kappa shape index (κ2) is 12.6. The van der Waals surface area contributed by atoms with Crippen LogP contribution in [0.3, 0.4) is 0 Å². The summed E-state index contributed by atoms with van der Waals surface area (Å²) in [7, 11) is 1.61. The van der Waals surface area contributed by atoms with E-state index in [0.717, 1.165) is 48.9 Å². The van der Waals surface area contributed by atoms with Gasteiger partial charge in [0.1, 0.15) is 12.4 Å². The zero-order chi connectivity index (χ0) is 25.2. The molecule has 0 saturated carbocycles.